The molecule has 2 unspecified atom stereocenters. The van der Waals surface area contributed by atoms with E-state index in [4.69, 9.17) is 0 Å². The first-order valence-electron chi connectivity index (χ1n) is 13.4. The van der Waals surface area contributed by atoms with Gasteiger partial charge >= 0.3 is 0 Å². The van der Waals surface area contributed by atoms with Gasteiger partial charge in [0.15, 0.2) is 0 Å². The topological polar surface area (TPSA) is 40.5 Å². The van der Waals surface area contributed by atoms with Gasteiger partial charge in [-0.05, 0) is 48.9 Å². The lowest BCUT2D eigenvalue weighted by Gasteiger charge is -2.44. The minimum atomic E-state index is -0.804. The molecule has 2 aromatic rings. The van der Waals surface area contributed by atoms with E-state index >= 15 is 0 Å². The van der Waals surface area contributed by atoms with Crippen LogP contribution in [-0.2, 0) is 10.8 Å². The van der Waals surface area contributed by atoms with Crippen LogP contribution in [-0.4, -0.2) is 21.4 Å². The molecule has 2 heteroatoms. The van der Waals surface area contributed by atoms with Crippen molar-refractivity contribution in [3.63, 3.8) is 0 Å². The highest BCUT2D eigenvalue weighted by Crippen LogP contribution is 2.46. The molecule has 0 aromatic heterocycles. The molecular formula is C32H50O2. The van der Waals surface area contributed by atoms with Crippen LogP contribution in [0.15, 0.2) is 48.5 Å². The summed E-state index contributed by atoms with van der Waals surface area (Å²) < 4.78 is 0. The molecule has 0 bridgehead atoms. The molecule has 0 radical (unpaired) electrons. The van der Waals surface area contributed by atoms with Gasteiger partial charge in [0.2, 0.25) is 0 Å². The van der Waals surface area contributed by atoms with Crippen LogP contribution >= 0.6 is 0 Å². The number of aliphatic hydroxyl groups is 2. The highest BCUT2D eigenvalue weighted by molar-refractivity contribution is 5.47. The number of hydrogen-bond acceptors (Lipinski definition) is 2. The molecule has 190 valence electrons. The SMILES string of the molecule is CCCCC(C)(O)C(C)(C)c1ccccc1C(C)c1ccccc1C(C)(C)C(C)(O)CCCC. The molecule has 0 aliphatic rings. The molecule has 2 atom stereocenters. The van der Waals surface area contributed by atoms with Crippen molar-refractivity contribution in [1.29, 1.82) is 0 Å². The third-order valence-electron chi connectivity index (χ3n) is 8.93. The van der Waals surface area contributed by atoms with Gasteiger partial charge in [0.1, 0.15) is 0 Å². The Labute approximate surface area is 209 Å². The first-order chi connectivity index (χ1) is 15.7. The van der Waals surface area contributed by atoms with Gasteiger partial charge in [-0.2, -0.15) is 0 Å². The van der Waals surface area contributed by atoms with Crippen molar-refractivity contribution in [2.75, 3.05) is 0 Å². The summed E-state index contributed by atoms with van der Waals surface area (Å²) in [6.45, 7) is 19.3. The van der Waals surface area contributed by atoms with E-state index in [9.17, 15) is 10.2 Å². The van der Waals surface area contributed by atoms with E-state index in [1.165, 1.54) is 22.3 Å². The van der Waals surface area contributed by atoms with Gasteiger partial charge in [0, 0.05) is 16.7 Å². The number of benzene rings is 2. The summed E-state index contributed by atoms with van der Waals surface area (Å²) in [5.41, 5.74) is 2.50. The van der Waals surface area contributed by atoms with Crippen molar-refractivity contribution in [3.8, 4) is 0 Å². The lowest BCUT2D eigenvalue weighted by molar-refractivity contribution is -0.0186. The van der Waals surface area contributed by atoms with Crippen LogP contribution in [0.2, 0.25) is 0 Å². The zero-order valence-electron chi connectivity index (χ0n) is 23.3. The van der Waals surface area contributed by atoms with Crippen LogP contribution in [0.5, 0.6) is 0 Å². The maximum absolute atomic E-state index is 11.5. The monoisotopic (exact) mass is 466 g/mol. The summed E-state index contributed by atoms with van der Waals surface area (Å²) in [7, 11) is 0. The quantitative estimate of drug-likeness (QED) is 0.330. The van der Waals surface area contributed by atoms with Crippen LogP contribution in [0.4, 0.5) is 0 Å². The molecule has 0 amide bonds. The Morgan fingerprint density at radius 1 is 0.618 bits per heavy atom. The Morgan fingerprint density at radius 3 is 1.26 bits per heavy atom. The fourth-order valence-corrected chi connectivity index (χ4v) is 5.30. The van der Waals surface area contributed by atoms with Gasteiger partial charge in [-0.1, -0.05) is 123 Å². The maximum Gasteiger partial charge on any atom is 0.0710 e. The van der Waals surface area contributed by atoms with E-state index in [1.54, 1.807) is 0 Å². The van der Waals surface area contributed by atoms with Crippen molar-refractivity contribution >= 4 is 0 Å². The van der Waals surface area contributed by atoms with Crippen molar-refractivity contribution in [2.24, 2.45) is 0 Å². The van der Waals surface area contributed by atoms with E-state index in [2.05, 4.69) is 97.0 Å². The molecule has 2 N–H and O–H groups in total. The summed E-state index contributed by atoms with van der Waals surface area (Å²) in [6, 6.07) is 17.2. The number of unbranched alkanes of at least 4 members (excludes halogenated alkanes) is 2. The lowest BCUT2D eigenvalue weighted by atomic mass is 9.64. The van der Waals surface area contributed by atoms with E-state index < -0.39 is 22.0 Å². The van der Waals surface area contributed by atoms with Crippen LogP contribution in [0.25, 0.3) is 0 Å². The molecule has 0 saturated heterocycles. The van der Waals surface area contributed by atoms with Gasteiger partial charge in [0.05, 0.1) is 11.2 Å². The molecule has 0 saturated carbocycles. The van der Waals surface area contributed by atoms with E-state index in [1.807, 2.05) is 13.8 Å². The number of rotatable bonds is 12. The van der Waals surface area contributed by atoms with E-state index in [0.717, 1.165) is 38.5 Å². The molecule has 2 aromatic carbocycles. The number of hydrogen-bond donors (Lipinski definition) is 2. The minimum Gasteiger partial charge on any atom is -0.389 e. The Kier molecular flexibility index (Phi) is 9.22. The Balaban J connectivity index is 2.59. The molecule has 2 rings (SSSR count). The largest absolute Gasteiger partial charge is 0.389 e. The second-order valence-corrected chi connectivity index (χ2v) is 11.9. The summed E-state index contributed by atoms with van der Waals surface area (Å²) in [5, 5.41) is 23.1. The normalized spacial score (nSPS) is 17.1. The second kappa shape index (κ2) is 11.0. The first kappa shape index (κ1) is 28.6. The summed E-state index contributed by atoms with van der Waals surface area (Å²) in [4.78, 5) is 0. The molecule has 0 fully saturated rings. The fourth-order valence-electron chi connectivity index (χ4n) is 5.30. The Morgan fingerprint density at radius 2 is 0.941 bits per heavy atom. The van der Waals surface area contributed by atoms with E-state index in [0.29, 0.717) is 0 Å². The zero-order valence-corrected chi connectivity index (χ0v) is 23.3. The van der Waals surface area contributed by atoms with Gasteiger partial charge in [0.25, 0.3) is 0 Å². The highest BCUT2D eigenvalue weighted by Gasteiger charge is 2.44. The molecule has 0 aliphatic carbocycles. The Bertz CT molecular complexity index is 845. The van der Waals surface area contributed by atoms with Crippen LogP contribution in [0.1, 0.15) is 129 Å². The standard InChI is InChI=1S/C32H50O2/c1-10-12-22-31(8,33)29(4,5)27-20-16-14-18-25(27)24(3)26-19-15-17-21-28(26)30(6,7)32(9,34)23-13-11-2/h14-21,24,33-34H,10-13,22-23H2,1-9H3. The summed E-state index contributed by atoms with van der Waals surface area (Å²) in [6.07, 6.45) is 5.73. The summed E-state index contributed by atoms with van der Waals surface area (Å²) >= 11 is 0. The summed E-state index contributed by atoms with van der Waals surface area (Å²) in [5.74, 6) is 0.134. The lowest BCUT2D eigenvalue weighted by Crippen LogP contribution is -2.46. The van der Waals surface area contributed by atoms with Gasteiger partial charge < -0.3 is 10.2 Å². The van der Waals surface area contributed by atoms with Crippen LogP contribution in [0.3, 0.4) is 0 Å². The second-order valence-electron chi connectivity index (χ2n) is 11.9. The predicted molar refractivity (Wildman–Crippen MR) is 147 cm³/mol. The van der Waals surface area contributed by atoms with Crippen molar-refractivity contribution < 1.29 is 10.2 Å². The smallest absolute Gasteiger partial charge is 0.0710 e. The van der Waals surface area contributed by atoms with Gasteiger partial charge in [-0.3, -0.25) is 0 Å². The van der Waals surface area contributed by atoms with Crippen LogP contribution in [0, 0.1) is 0 Å². The maximum atomic E-state index is 11.5. The fraction of sp³-hybridized carbons (Fsp3) is 0.625. The average Bonchev–Trinajstić information content (AvgIpc) is 2.80. The third-order valence-corrected chi connectivity index (χ3v) is 8.93. The zero-order chi connectivity index (χ0) is 25.8. The molecular weight excluding hydrogens is 416 g/mol. The van der Waals surface area contributed by atoms with Crippen LogP contribution < -0.4 is 0 Å². The molecule has 34 heavy (non-hydrogen) atoms. The molecule has 2 nitrogen and oxygen atoms in total. The molecule has 0 spiro atoms. The Hall–Kier alpha value is -1.64. The third kappa shape index (κ3) is 5.60. The average molecular weight is 467 g/mol. The van der Waals surface area contributed by atoms with Gasteiger partial charge in [-0.25, -0.2) is 0 Å². The highest BCUT2D eigenvalue weighted by atomic mass is 16.3. The van der Waals surface area contributed by atoms with E-state index in [-0.39, 0.29) is 5.92 Å². The van der Waals surface area contributed by atoms with Gasteiger partial charge in [-0.15, -0.1) is 0 Å². The predicted octanol–water partition coefficient (Wildman–Crippen LogP) is 8.28. The van der Waals surface area contributed by atoms with Crippen molar-refractivity contribution in [3.05, 3.63) is 70.8 Å². The molecule has 0 aliphatic heterocycles. The molecule has 0 heterocycles. The van der Waals surface area contributed by atoms with Crippen molar-refractivity contribution in [1.82, 2.24) is 0 Å². The van der Waals surface area contributed by atoms with Crippen molar-refractivity contribution in [2.45, 2.75) is 129 Å². The first-order valence-corrected chi connectivity index (χ1v) is 13.4. The minimum absolute atomic E-state index is 0.134.